The van der Waals surface area contributed by atoms with Crippen LogP contribution in [0.15, 0.2) is 73.1 Å². The van der Waals surface area contributed by atoms with Crippen LogP contribution in [0.5, 0.6) is 0 Å². The molecule has 186 valence electrons. The number of amides is 3. The number of carbonyl (C=O) groups excluding carboxylic acids is 2. The zero-order chi connectivity index (χ0) is 25.3. The number of carbonyl (C=O) groups is 2. The topological polar surface area (TPSA) is 91.6 Å². The summed E-state index contributed by atoms with van der Waals surface area (Å²) in [5, 5.41) is 5.98. The van der Waals surface area contributed by atoms with Gasteiger partial charge >= 0.3 is 6.03 Å². The van der Waals surface area contributed by atoms with E-state index in [-0.39, 0.29) is 11.9 Å². The summed E-state index contributed by atoms with van der Waals surface area (Å²) in [6, 6.07) is 19.2. The fourth-order valence-electron chi connectivity index (χ4n) is 4.13. The van der Waals surface area contributed by atoms with Gasteiger partial charge in [-0.05, 0) is 49.6 Å². The minimum atomic E-state index is -0.185. The molecule has 3 amide bonds. The minimum absolute atomic E-state index is 0.180. The van der Waals surface area contributed by atoms with E-state index in [0.717, 1.165) is 17.8 Å². The summed E-state index contributed by atoms with van der Waals surface area (Å²) in [5.41, 5.74) is 4.11. The average molecular weight is 485 g/mol. The van der Waals surface area contributed by atoms with Crippen molar-refractivity contribution in [3.63, 3.8) is 0 Å². The molecule has 3 aromatic heterocycles. The number of imidazole rings is 1. The van der Waals surface area contributed by atoms with Gasteiger partial charge in [0, 0.05) is 44.1 Å². The first kappa shape index (κ1) is 24.9. The highest BCUT2D eigenvalue weighted by atomic mass is 16.2. The first-order valence-electron chi connectivity index (χ1n) is 12.4. The van der Waals surface area contributed by atoms with Crippen LogP contribution >= 0.6 is 0 Å². The van der Waals surface area contributed by atoms with Gasteiger partial charge in [-0.15, -0.1) is 0 Å². The quantitative estimate of drug-likeness (QED) is 0.355. The van der Waals surface area contributed by atoms with Crippen LogP contribution in [-0.2, 0) is 19.3 Å². The Kier molecular flexibility index (Phi) is 8.28. The van der Waals surface area contributed by atoms with E-state index in [1.165, 1.54) is 5.56 Å². The normalized spacial score (nSPS) is 10.8. The van der Waals surface area contributed by atoms with Crippen molar-refractivity contribution in [2.45, 2.75) is 33.1 Å². The van der Waals surface area contributed by atoms with Crippen LogP contribution in [0.3, 0.4) is 0 Å². The van der Waals surface area contributed by atoms with Crippen LogP contribution in [-0.4, -0.2) is 45.9 Å². The van der Waals surface area contributed by atoms with Gasteiger partial charge in [0.15, 0.2) is 0 Å². The highest BCUT2D eigenvalue weighted by molar-refractivity contribution is 5.95. The molecule has 0 aliphatic rings. The summed E-state index contributed by atoms with van der Waals surface area (Å²) in [4.78, 5) is 36.7. The zero-order valence-corrected chi connectivity index (χ0v) is 20.8. The summed E-state index contributed by atoms with van der Waals surface area (Å²) in [5.74, 6) is 0.510. The van der Waals surface area contributed by atoms with Crippen molar-refractivity contribution in [1.29, 1.82) is 0 Å². The number of aromatic nitrogens is 3. The van der Waals surface area contributed by atoms with Crippen LogP contribution < -0.4 is 15.5 Å². The van der Waals surface area contributed by atoms with E-state index in [0.29, 0.717) is 49.5 Å². The van der Waals surface area contributed by atoms with E-state index in [2.05, 4.69) is 15.6 Å². The second kappa shape index (κ2) is 12.0. The molecule has 0 spiro atoms. The third-order valence-corrected chi connectivity index (χ3v) is 6.00. The van der Waals surface area contributed by atoms with Gasteiger partial charge in [-0.2, -0.15) is 0 Å². The number of benzene rings is 1. The smallest absolute Gasteiger partial charge is 0.323 e. The van der Waals surface area contributed by atoms with Crippen LogP contribution in [0.2, 0.25) is 0 Å². The van der Waals surface area contributed by atoms with E-state index in [4.69, 9.17) is 4.98 Å². The lowest BCUT2D eigenvalue weighted by atomic mass is 10.1. The average Bonchev–Trinajstić information content (AvgIpc) is 3.28. The van der Waals surface area contributed by atoms with Gasteiger partial charge in [0.05, 0.1) is 11.3 Å². The van der Waals surface area contributed by atoms with Crippen LogP contribution in [0.25, 0.3) is 5.65 Å². The maximum absolute atomic E-state index is 13.2. The maximum atomic E-state index is 13.2. The molecule has 1 aromatic carbocycles. The Balaban J connectivity index is 1.49. The van der Waals surface area contributed by atoms with Crippen molar-refractivity contribution in [2.24, 2.45) is 0 Å². The predicted octanol–water partition coefficient (Wildman–Crippen LogP) is 4.04. The molecule has 36 heavy (non-hydrogen) atoms. The summed E-state index contributed by atoms with van der Waals surface area (Å²) < 4.78 is 1.84. The number of nitrogens with one attached hydrogen (secondary N) is 2. The van der Waals surface area contributed by atoms with Crippen molar-refractivity contribution >= 4 is 23.4 Å². The molecule has 3 heterocycles. The molecule has 0 atom stereocenters. The zero-order valence-electron chi connectivity index (χ0n) is 20.8. The van der Waals surface area contributed by atoms with Gasteiger partial charge in [-0.25, -0.2) is 9.78 Å². The fourth-order valence-corrected chi connectivity index (χ4v) is 4.13. The highest BCUT2D eigenvalue weighted by Gasteiger charge is 2.22. The molecule has 4 rings (SSSR count). The first-order valence-corrected chi connectivity index (χ1v) is 12.4. The number of anilines is 1. The molecule has 0 radical (unpaired) electrons. The summed E-state index contributed by atoms with van der Waals surface area (Å²) in [6.45, 7) is 5.43. The number of nitrogens with zero attached hydrogens (tertiary/aromatic N) is 4. The van der Waals surface area contributed by atoms with E-state index in [1.807, 2.05) is 72.8 Å². The molecule has 0 aliphatic heterocycles. The molecule has 4 aromatic rings. The molecule has 0 unspecified atom stereocenters. The largest absolute Gasteiger partial charge is 0.352 e. The Hall–Kier alpha value is -4.20. The van der Waals surface area contributed by atoms with Gasteiger partial charge in [0.2, 0.25) is 0 Å². The SMILES string of the molecule is CCc1nc2ccc(C(=O)NCCc3ccccn3)cn2c1N(CC)C(=O)NCCc1ccccc1. The second-order valence-electron chi connectivity index (χ2n) is 8.42. The lowest BCUT2D eigenvalue weighted by molar-refractivity contribution is 0.0953. The Labute approximate surface area is 211 Å². The minimum Gasteiger partial charge on any atom is -0.352 e. The number of rotatable bonds is 10. The Morgan fingerprint density at radius 2 is 1.69 bits per heavy atom. The van der Waals surface area contributed by atoms with Crippen molar-refractivity contribution in [3.8, 4) is 0 Å². The van der Waals surface area contributed by atoms with E-state index < -0.39 is 0 Å². The molecular weight excluding hydrogens is 452 g/mol. The second-order valence-corrected chi connectivity index (χ2v) is 8.42. The molecule has 0 saturated carbocycles. The lowest BCUT2D eigenvalue weighted by Gasteiger charge is -2.22. The monoisotopic (exact) mass is 484 g/mol. The summed E-state index contributed by atoms with van der Waals surface area (Å²) >= 11 is 0. The third-order valence-electron chi connectivity index (χ3n) is 6.00. The van der Waals surface area contributed by atoms with Crippen molar-refractivity contribution in [2.75, 3.05) is 24.5 Å². The number of urea groups is 1. The number of hydrogen-bond donors (Lipinski definition) is 2. The lowest BCUT2D eigenvalue weighted by Crippen LogP contribution is -2.41. The molecule has 8 heteroatoms. The number of fused-ring (bicyclic) bond motifs is 1. The first-order chi connectivity index (χ1) is 17.6. The highest BCUT2D eigenvalue weighted by Crippen LogP contribution is 2.24. The molecule has 8 nitrogen and oxygen atoms in total. The van der Waals surface area contributed by atoms with Gasteiger partial charge in [0.1, 0.15) is 11.5 Å². The standard InChI is InChI=1S/C28H32N6O2/c1-3-24-27(33(4-2)28(36)31-18-15-21-10-6-5-7-11-21)34-20-22(13-14-25(34)32-24)26(35)30-19-16-23-12-8-9-17-29-23/h5-14,17,20H,3-4,15-16,18-19H2,1-2H3,(H,30,35)(H,31,36). The van der Waals surface area contributed by atoms with E-state index in [1.54, 1.807) is 23.4 Å². The fraction of sp³-hybridized carbons (Fsp3) is 0.286. The van der Waals surface area contributed by atoms with Crippen molar-refractivity contribution in [1.82, 2.24) is 25.0 Å². The number of hydrogen-bond acceptors (Lipinski definition) is 4. The van der Waals surface area contributed by atoms with E-state index >= 15 is 0 Å². The molecule has 0 aliphatic carbocycles. The van der Waals surface area contributed by atoms with Gasteiger partial charge < -0.3 is 10.6 Å². The Morgan fingerprint density at radius 1 is 0.917 bits per heavy atom. The molecule has 0 bridgehead atoms. The van der Waals surface area contributed by atoms with Gasteiger partial charge in [-0.3, -0.25) is 19.1 Å². The summed E-state index contributed by atoms with van der Waals surface area (Å²) in [6.07, 6.45) is 5.57. The van der Waals surface area contributed by atoms with Gasteiger partial charge in [0.25, 0.3) is 5.91 Å². The van der Waals surface area contributed by atoms with Gasteiger partial charge in [-0.1, -0.05) is 43.3 Å². The van der Waals surface area contributed by atoms with E-state index in [9.17, 15) is 9.59 Å². The van der Waals surface area contributed by atoms with Crippen molar-refractivity contribution in [3.05, 3.63) is 95.6 Å². The third kappa shape index (κ3) is 5.89. The van der Waals surface area contributed by atoms with Crippen LogP contribution in [0, 0.1) is 0 Å². The molecule has 0 saturated heterocycles. The summed E-state index contributed by atoms with van der Waals surface area (Å²) in [7, 11) is 0. The number of aryl methyl sites for hydroxylation is 1. The van der Waals surface area contributed by atoms with Crippen molar-refractivity contribution < 1.29 is 9.59 Å². The Bertz CT molecular complexity index is 1300. The Morgan fingerprint density at radius 3 is 2.42 bits per heavy atom. The predicted molar refractivity (Wildman–Crippen MR) is 141 cm³/mol. The molecular formula is C28H32N6O2. The maximum Gasteiger partial charge on any atom is 0.323 e. The molecule has 2 N–H and O–H groups in total. The number of pyridine rings is 2. The van der Waals surface area contributed by atoms with Crippen LogP contribution in [0.4, 0.5) is 10.6 Å². The van der Waals surface area contributed by atoms with Crippen LogP contribution in [0.1, 0.15) is 41.2 Å². The molecule has 0 fully saturated rings.